The van der Waals surface area contributed by atoms with E-state index in [1.807, 2.05) is 0 Å². The first-order chi connectivity index (χ1) is 9.29. The van der Waals surface area contributed by atoms with Crippen LogP contribution in [0.25, 0.3) is 0 Å². The molecule has 3 N–H and O–H groups in total. The van der Waals surface area contributed by atoms with Gasteiger partial charge in [0.05, 0.1) is 10.7 Å². The number of halogens is 1. The Morgan fingerprint density at radius 2 is 1.95 bits per heavy atom. The van der Waals surface area contributed by atoms with Crippen LogP contribution < -0.4 is 4.72 Å². The monoisotopic (exact) mass is 317 g/mol. The first-order valence-corrected chi connectivity index (χ1v) is 7.00. The van der Waals surface area contributed by atoms with Gasteiger partial charge in [0.1, 0.15) is 5.75 Å². The van der Waals surface area contributed by atoms with E-state index in [1.54, 1.807) is 0 Å². The Bertz CT molecular complexity index is 767. The van der Waals surface area contributed by atoms with Crippen LogP contribution in [0.15, 0.2) is 39.8 Å². The average Bonchev–Trinajstić information content (AvgIpc) is 2.84. The van der Waals surface area contributed by atoms with Gasteiger partial charge in [-0.15, -0.1) is 0 Å². The highest BCUT2D eigenvalue weighted by molar-refractivity contribution is 7.92. The van der Waals surface area contributed by atoms with Gasteiger partial charge in [0.2, 0.25) is 10.9 Å². The predicted octanol–water partition coefficient (Wildman–Crippen LogP) is 2.14. The molecular formula is C11H8ClNO6S. The van der Waals surface area contributed by atoms with Crippen molar-refractivity contribution in [3.63, 3.8) is 0 Å². The van der Waals surface area contributed by atoms with Gasteiger partial charge in [0, 0.05) is 0 Å². The number of benzene rings is 1. The zero-order valence-electron chi connectivity index (χ0n) is 9.70. The molecule has 9 heteroatoms. The van der Waals surface area contributed by atoms with E-state index >= 15 is 0 Å². The molecule has 1 heterocycles. The van der Waals surface area contributed by atoms with Gasteiger partial charge in [-0.05, 0) is 30.3 Å². The highest BCUT2D eigenvalue weighted by atomic mass is 35.5. The van der Waals surface area contributed by atoms with Gasteiger partial charge in [0.15, 0.2) is 0 Å². The Morgan fingerprint density at radius 3 is 2.50 bits per heavy atom. The summed E-state index contributed by atoms with van der Waals surface area (Å²) in [5, 5.41) is 17.3. The van der Waals surface area contributed by atoms with E-state index in [0.29, 0.717) is 0 Å². The van der Waals surface area contributed by atoms with Crippen LogP contribution in [0.2, 0.25) is 5.02 Å². The molecule has 0 spiro atoms. The van der Waals surface area contributed by atoms with Crippen molar-refractivity contribution in [2.75, 3.05) is 4.72 Å². The summed E-state index contributed by atoms with van der Waals surface area (Å²) in [6.07, 6.45) is 0. The molecular weight excluding hydrogens is 310 g/mol. The SMILES string of the molecule is O=C(O)c1ccc(S(=O)(=O)Nc2ccc(O)c(Cl)c2)o1. The lowest BCUT2D eigenvalue weighted by Crippen LogP contribution is -2.12. The number of furan rings is 1. The molecule has 0 fully saturated rings. The summed E-state index contributed by atoms with van der Waals surface area (Å²) in [5.74, 6) is -2.06. The van der Waals surface area contributed by atoms with Gasteiger partial charge < -0.3 is 14.6 Å². The van der Waals surface area contributed by atoms with E-state index in [0.717, 1.165) is 12.1 Å². The van der Waals surface area contributed by atoms with Crippen LogP contribution in [0.4, 0.5) is 5.69 Å². The number of phenols is 1. The van der Waals surface area contributed by atoms with Gasteiger partial charge in [-0.3, -0.25) is 4.72 Å². The maximum absolute atomic E-state index is 11.9. The second-order valence-corrected chi connectivity index (χ2v) is 5.72. The average molecular weight is 318 g/mol. The van der Waals surface area contributed by atoms with E-state index in [2.05, 4.69) is 4.72 Å². The standard InChI is InChI=1S/C11H8ClNO6S/c12-7-5-6(1-2-8(7)14)13-20(17,18)10-4-3-9(19-10)11(15)16/h1-5,13-14H,(H,15,16). The topological polar surface area (TPSA) is 117 Å². The molecule has 20 heavy (non-hydrogen) atoms. The Hall–Kier alpha value is -2.19. The van der Waals surface area contributed by atoms with Crippen LogP contribution in [0.3, 0.4) is 0 Å². The van der Waals surface area contributed by atoms with Crippen LogP contribution in [0.5, 0.6) is 5.75 Å². The third kappa shape index (κ3) is 2.86. The quantitative estimate of drug-likeness (QED) is 0.744. The molecule has 0 unspecified atom stereocenters. The summed E-state index contributed by atoms with van der Waals surface area (Å²) in [6, 6.07) is 5.76. The molecule has 2 aromatic rings. The van der Waals surface area contributed by atoms with Crippen LogP contribution in [0.1, 0.15) is 10.6 Å². The van der Waals surface area contributed by atoms with Gasteiger partial charge >= 0.3 is 5.97 Å². The number of carboxylic acids is 1. The number of hydrogen-bond donors (Lipinski definition) is 3. The number of sulfonamides is 1. The molecule has 1 aromatic heterocycles. The highest BCUT2D eigenvalue weighted by Crippen LogP contribution is 2.27. The number of carbonyl (C=O) groups is 1. The number of nitrogens with one attached hydrogen (secondary N) is 1. The molecule has 1 aromatic carbocycles. The fourth-order valence-electron chi connectivity index (χ4n) is 1.36. The van der Waals surface area contributed by atoms with E-state index < -0.39 is 26.8 Å². The zero-order chi connectivity index (χ0) is 14.9. The molecule has 0 radical (unpaired) electrons. The number of rotatable bonds is 4. The van der Waals surface area contributed by atoms with Crippen molar-refractivity contribution in [3.05, 3.63) is 41.1 Å². The molecule has 0 aliphatic carbocycles. The van der Waals surface area contributed by atoms with E-state index in [4.69, 9.17) is 21.1 Å². The maximum Gasteiger partial charge on any atom is 0.371 e. The zero-order valence-corrected chi connectivity index (χ0v) is 11.3. The van der Waals surface area contributed by atoms with Crippen molar-refractivity contribution in [2.45, 2.75) is 5.09 Å². The van der Waals surface area contributed by atoms with Crippen molar-refractivity contribution in [3.8, 4) is 5.75 Å². The molecule has 0 bridgehead atoms. The number of aromatic carboxylic acids is 1. The minimum absolute atomic E-state index is 0.0316. The fraction of sp³-hybridized carbons (Fsp3) is 0. The smallest absolute Gasteiger partial charge is 0.371 e. The number of anilines is 1. The van der Waals surface area contributed by atoms with Crippen molar-refractivity contribution in [1.82, 2.24) is 0 Å². The largest absolute Gasteiger partial charge is 0.506 e. The summed E-state index contributed by atoms with van der Waals surface area (Å²) in [7, 11) is -4.08. The molecule has 0 saturated heterocycles. The summed E-state index contributed by atoms with van der Waals surface area (Å²) in [5.41, 5.74) is 0.0982. The van der Waals surface area contributed by atoms with Crippen LogP contribution in [-0.4, -0.2) is 24.6 Å². The molecule has 7 nitrogen and oxygen atoms in total. The van der Waals surface area contributed by atoms with E-state index in [9.17, 15) is 18.3 Å². The lowest BCUT2D eigenvalue weighted by atomic mass is 10.3. The summed E-state index contributed by atoms with van der Waals surface area (Å²) < 4.78 is 30.7. The Labute approximate surface area is 118 Å². The van der Waals surface area contributed by atoms with Crippen LogP contribution >= 0.6 is 11.6 Å². The predicted molar refractivity (Wildman–Crippen MR) is 69.6 cm³/mol. The minimum Gasteiger partial charge on any atom is -0.506 e. The molecule has 0 amide bonds. The van der Waals surface area contributed by atoms with Gasteiger partial charge in [-0.25, -0.2) is 4.79 Å². The van der Waals surface area contributed by atoms with Crippen LogP contribution in [-0.2, 0) is 10.0 Å². The lowest BCUT2D eigenvalue weighted by molar-refractivity contribution is 0.0656. The van der Waals surface area contributed by atoms with Gasteiger partial charge in [-0.2, -0.15) is 8.42 Å². The summed E-state index contributed by atoms with van der Waals surface area (Å²) in [6.45, 7) is 0. The van der Waals surface area contributed by atoms with Crippen molar-refractivity contribution in [2.24, 2.45) is 0 Å². The first-order valence-electron chi connectivity index (χ1n) is 5.14. The second kappa shape index (κ2) is 5.06. The summed E-state index contributed by atoms with van der Waals surface area (Å²) in [4.78, 5) is 10.6. The molecule has 2 rings (SSSR count). The molecule has 0 saturated carbocycles. The highest BCUT2D eigenvalue weighted by Gasteiger charge is 2.21. The van der Waals surface area contributed by atoms with Gasteiger partial charge in [-0.1, -0.05) is 11.6 Å². The molecule has 0 aliphatic heterocycles. The molecule has 0 aliphatic rings. The molecule has 106 valence electrons. The van der Waals surface area contributed by atoms with E-state index in [1.165, 1.54) is 18.2 Å². The normalized spacial score (nSPS) is 11.2. The summed E-state index contributed by atoms with van der Waals surface area (Å²) >= 11 is 5.65. The third-order valence-electron chi connectivity index (χ3n) is 2.26. The minimum atomic E-state index is -4.08. The Morgan fingerprint density at radius 1 is 1.25 bits per heavy atom. The van der Waals surface area contributed by atoms with Crippen LogP contribution in [0, 0.1) is 0 Å². The molecule has 0 atom stereocenters. The first kappa shape index (κ1) is 14.2. The van der Waals surface area contributed by atoms with Gasteiger partial charge in [0.25, 0.3) is 10.0 Å². The number of aromatic hydroxyl groups is 1. The number of phenolic OH excluding ortho intramolecular Hbond substituents is 1. The van der Waals surface area contributed by atoms with Crippen molar-refractivity contribution in [1.29, 1.82) is 0 Å². The lowest BCUT2D eigenvalue weighted by Gasteiger charge is -2.06. The number of hydrogen-bond acceptors (Lipinski definition) is 5. The second-order valence-electron chi connectivity index (χ2n) is 3.70. The van der Waals surface area contributed by atoms with Crippen molar-refractivity contribution < 1.29 is 27.8 Å². The third-order valence-corrected chi connectivity index (χ3v) is 3.81. The fourth-order valence-corrected chi connectivity index (χ4v) is 2.52. The van der Waals surface area contributed by atoms with Crippen molar-refractivity contribution >= 4 is 33.3 Å². The number of carboxylic acid groups (broad SMARTS) is 1. The van der Waals surface area contributed by atoms with E-state index in [-0.39, 0.29) is 16.5 Å². The maximum atomic E-state index is 11.9. The Kier molecular flexibility index (Phi) is 3.60. The Balaban J connectivity index is 2.30.